The number of anilines is 1. The van der Waals surface area contributed by atoms with Crippen LogP contribution in [0.1, 0.15) is 28.8 Å². The highest BCUT2D eigenvalue weighted by molar-refractivity contribution is 5.93. The number of methoxy groups -OCH3 is 1. The SMILES string of the molecule is CNc1ncc(C(=O)N(C)C[C@@H]2CCCN(CCc3ccc(OC)cc3)C2)cn1. The summed E-state index contributed by atoms with van der Waals surface area (Å²) in [6.45, 7) is 3.96. The molecular weight excluding hydrogens is 366 g/mol. The van der Waals surface area contributed by atoms with Crippen molar-refractivity contribution in [3.05, 3.63) is 47.8 Å². The first kappa shape index (κ1) is 21.0. The van der Waals surface area contributed by atoms with Crippen molar-refractivity contribution in [1.29, 1.82) is 0 Å². The number of piperidine rings is 1. The van der Waals surface area contributed by atoms with Crippen LogP contribution in [0.5, 0.6) is 5.75 Å². The van der Waals surface area contributed by atoms with E-state index in [9.17, 15) is 4.79 Å². The zero-order valence-electron chi connectivity index (χ0n) is 17.6. The summed E-state index contributed by atoms with van der Waals surface area (Å²) in [4.78, 5) is 25.3. The molecule has 2 heterocycles. The van der Waals surface area contributed by atoms with Crippen LogP contribution in [0.3, 0.4) is 0 Å². The smallest absolute Gasteiger partial charge is 0.256 e. The summed E-state index contributed by atoms with van der Waals surface area (Å²) >= 11 is 0. The van der Waals surface area contributed by atoms with Gasteiger partial charge in [0.2, 0.25) is 5.95 Å². The van der Waals surface area contributed by atoms with Crippen molar-refractivity contribution in [3.8, 4) is 5.75 Å². The molecule has 0 aliphatic carbocycles. The summed E-state index contributed by atoms with van der Waals surface area (Å²) in [6.07, 6.45) is 6.53. The summed E-state index contributed by atoms with van der Waals surface area (Å²) in [7, 11) is 5.31. The minimum atomic E-state index is -0.0250. The van der Waals surface area contributed by atoms with Gasteiger partial charge in [-0.05, 0) is 49.4 Å². The molecule has 7 nitrogen and oxygen atoms in total. The van der Waals surface area contributed by atoms with Gasteiger partial charge in [0.15, 0.2) is 0 Å². The van der Waals surface area contributed by atoms with Crippen molar-refractivity contribution in [2.75, 3.05) is 52.7 Å². The Morgan fingerprint density at radius 3 is 2.66 bits per heavy atom. The van der Waals surface area contributed by atoms with Crippen LogP contribution < -0.4 is 10.1 Å². The fourth-order valence-corrected chi connectivity index (χ4v) is 3.84. The van der Waals surface area contributed by atoms with E-state index in [-0.39, 0.29) is 5.91 Å². The second-order valence-electron chi connectivity index (χ2n) is 7.64. The van der Waals surface area contributed by atoms with Crippen LogP contribution in [0.15, 0.2) is 36.7 Å². The van der Waals surface area contributed by atoms with Crippen LogP contribution in [0.4, 0.5) is 5.95 Å². The van der Waals surface area contributed by atoms with Crippen LogP contribution in [-0.4, -0.2) is 73.1 Å². The van der Waals surface area contributed by atoms with Gasteiger partial charge in [-0.2, -0.15) is 0 Å². The van der Waals surface area contributed by atoms with E-state index >= 15 is 0 Å². The van der Waals surface area contributed by atoms with E-state index in [1.807, 2.05) is 19.2 Å². The Balaban J connectivity index is 1.48. The number of nitrogens with one attached hydrogen (secondary N) is 1. The van der Waals surface area contributed by atoms with Crippen molar-refractivity contribution in [1.82, 2.24) is 19.8 Å². The lowest BCUT2D eigenvalue weighted by molar-refractivity contribution is 0.0729. The minimum Gasteiger partial charge on any atom is -0.497 e. The van der Waals surface area contributed by atoms with E-state index in [4.69, 9.17) is 4.74 Å². The summed E-state index contributed by atoms with van der Waals surface area (Å²) in [6, 6.07) is 8.30. The largest absolute Gasteiger partial charge is 0.497 e. The predicted octanol–water partition coefficient (Wildman–Crippen LogP) is 2.55. The summed E-state index contributed by atoms with van der Waals surface area (Å²) < 4.78 is 5.22. The Morgan fingerprint density at radius 2 is 2.00 bits per heavy atom. The zero-order chi connectivity index (χ0) is 20.6. The van der Waals surface area contributed by atoms with Crippen LogP contribution in [0, 0.1) is 5.92 Å². The average Bonchev–Trinajstić information content (AvgIpc) is 2.78. The normalized spacial score (nSPS) is 17.0. The number of hydrogen-bond donors (Lipinski definition) is 1. The van der Waals surface area contributed by atoms with Crippen molar-refractivity contribution < 1.29 is 9.53 Å². The second kappa shape index (κ2) is 10.2. The summed E-state index contributed by atoms with van der Waals surface area (Å²) in [5.41, 5.74) is 1.85. The Bertz CT molecular complexity index is 779. The molecule has 1 amide bonds. The lowest BCUT2D eigenvalue weighted by Crippen LogP contribution is -2.42. The highest BCUT2D eigenvalue weighted by atomic mass is 16.5. The Labute approximate surface area is 173 Å². The van der Waals surface area contributed by atoms with Crippen molar-refractivity contribution in [2.45, 2.75) is 19.3 Å². The average molecular weight is 398 g/mol. The molecule has 1 atom stereocenters. The van der Waals surface area contributed by atoms with Crippen molar-refractivity contribution >= 4 is 11.9 Å². The summed E-state index contributed by atoms with van der Waals surface area (Å²) in [5, 5.41) is 2.86. The monoisotopic (exact) mass is 397 g/mol. The Morgan fingerprint density at radius 1 is 1.28 bits per heavy atom. The van der Waals surface area contributed by atoms with Gasteiger partial charge in [0.05, 0.1) is 12.7 Å². The number of aromatic nitrogens is 2. The van der Waals surface area contributed by atoms with Gasteiger partial charge < -0.3 is 19.9 Å². The molecule has 0 saturated carbocycles. The Hall–Kier alpha value is -2.67. The molecule has 1 N–H and O–H groups in total. The lowest BCUT2D eigenvalue weighted by Gasteiger charge is -2.34. The number of nitrogens with zero attached hydrogens (tertiary/aromatic N) is 4. The van der Waals surface area contributed by atoms with Gasteiger partial charge in [-0.25, -0.2) is 9.97 Å². The highest BCUT2D eigenvalue weighted by Crippen LogP contribution is 2.19. The van der Waals surface area contributed by atoms with Gasteiger partial charge in [-0.1, -0.05) is 12.1 Å². The zero-order valence-corrected chi connectivity index (χ0v) is 17.6. The first-order valence-corrected chi connectivity index (χ1v) is 10.2. The number of carbonyl (C=O) groups excluding carboxylic acids is 1. The molecule has 1 aromatic carbocycles. The number of benzene rings is 1. The number of carbonyl (C=O) groups is 1. The van der Waals surface area contributed by atoms with Crippen LogP contribution in [0.25, 0.3) is 0 Å². The van der Waals surface area contributed by atoms with Crippen LogP contribution >= 0.6 is 0 Å². The first-order chi connectivity index (χ1) is 14.1. The fourth-order valence-electron chi connectivity index (χ4n) is 3.84. The highest BCUT2D eigenvalue weighted by Gasteiger charge is 2.23. The molecule has 1 aliphatic heterocycles. The van der Waals surface area contributed by atoms with Crippen LogP contribution in [-0.2, 0) is 6.42 Å². The number of likely N-dealkylation sites (tertiary alicyclic amines) is 1. The minimum absolute atomic E-state index is 0.0250. The molecule has 1 saturated heterocycles. The molecule has 0 radical (unpaired) electrons. The van der Waals surface area contributed by atoms with E-state index < -0.39 is 0 Å². The standard InChI is InChI=1S/C22H31N5O2/c1-23-22-24-13-19(14-25-22)21(28)26(2)15-18-5-4-11-27(16-18)12-10-17-6-8-20(29-3)9-7-17/h6-9,13-14,18H,4-5,10-12,15-16H2,1-3H3,(H,23,24,25)/t18-/m0/s1. The molecule has 1 aliphatic rings. The number of hydrogen-bond acceptors (Lipinski definition) is 6. The van der Waals surface area contributed by atoms with E-state index in [0.717, 1.165) is 44.8 Å². The number of rotatable bonds is 8. The molecule has 2 aromatic rings. The molecule has 0 spiro atoms. The van der Waals surface area contributed by atoms with Gasteiger partial charge in [-0.3, -0.25) is 4.79 Å². The first-order valence-electron chi connectivity index (χ1n) is 10.2. The lowest BCUT2D eigenvalue weighted by atomic mass is 9.97. The third-order valence-corrected chi connectivity index (χ3v) is 5.48. The molecule has 29 heavy (non-hydrogen) atoms. The van der Waals surface area contributed by atoms with E-state index in [1.54, 1.807) is 31.5 Å². The maximum atomic E-state index is 12.7. The Kier molecular flexibility index (Phi) is 7.41. The third kappa shape index (κ3) is 5.90. The van der Waals surface area contributed by atoms with Crippen LogP contribution in [0.2, 0.25) is 0 Å². The number of amides is 1. The quantitative estimate of drug-likeness (QED) is 0.738. The molecule has 7 heteroatoms. The van der Waals surface area contributed by atoms with Gasteiger partial charge in [0.25, 0.3) is 5.91 Å². The van der Waals surface area contributed by atoms with E-state index in [0.29, 0.717) is 17.4 Å². The topological polar surface area (TPSA) is 70.6 Å². The molecular formula is C22H31N5O2. The molecule has 156 valence electrons. The second-order valence-corrected chi connectivity index (χ2v) is 7.64. The van der Waals surface area contributed by atoms with Crippen molar-refractivity contribution in [2.24, 2.45) is 5.92 Å². The van der Waals surface area contributed by atoms with E-state index in [1.165, 1.54) is 12.0 Å². The molecule has 0 bridgehead atoms. The van der Waals surface area contributed by atoms with Gasteiger partial charge in [0.1, 0.15) is 5.75 Å². The van der Waals surface area contributed by atoms with E-state index in [2.05, 4.69) is 32.3 Å². The molecule has 1 aromatic heterocycles. The van der Waals surface area contributed by atoms with Crippen molar-refractivity contribution in [3.63, 3.8) is 0 Å². The fraction of sp³-hybridized carbons (Fsp3) is 0.500. The predicted molar refractivity (Wildman–Crippen MR) is 114 cm³/mol. The third-order valence-electron chi connectivity index (χ3n) is 5.48. The van der Waals surface area contributed by atoms with Gasteiger partial charge >= 0.3 is 0 Å². The maximum Gasteiger partial charge on any atom is 0.256 e. The van der Waals surface area contributed by atoms with Gasteiger partial charge in [0, 0.05) is 46.1 Å². The maximum absolute atomic E-state index is 12.7. The summed E-state index contributed by atoms with van der Waals surface area (Å²) in [5.74, 6) is 1.88. The van der Waals surface area contributed by atoms with Gasteiger partial charge in [-0.15, -0.1) is 0 Å². The molecule has 0 unspecified atom stereocenters. The molecule has 3 rings (SSSR count). The number of ether oxygens (including phenoxy) is 1. The molecule has 1 fully saturated rings.